The predicted octanol–water partition coefficient (Wildman–Crippen LogP) is 2.54. The highest BCUT2D eigenvalue weighted by Crippen LogP contribution is 2.15. The Hall–Kier alpha value is -2.05. The predicted molar refractivity (Wildman–Crippen MR) is 92.4 cm³/mol. The van der Waals surface area contributed by atoms with E-state index in [9.17, 15) is 13.2 Å². The summed E-state index contributed by atoms with van der Waals surface area (Å²) in [5.74, 6) is -0.546. The summed E-state index contributed by atoms with van der Waals surface area (Å²) in [5, 5.41) is 3.04. The van der Waals surface area contributed by atoms with Gasteiger partial charge in [0.05, 0.1) is 11.4 Å². The van der Waals surface area contributed by atoms with Crippen molar-refractivity contribution in [3.05, 3.63) is 65.2 Å². The Balaban J connectivity index is 1.93. The molecule has 0 saturated carbocycles. The molecule has 2 aromatic rings. The molecule has 0 bridgehead atoms. The fraction of sp³-hybridized carbons (Fsp3) is 0.188. The van der Waals surface area contributed by atoms with E-state index in [0.717, 1.165) is 0 Å². The van der Waals surface area contributed by atoms with E-state index >= 15 is 0 Å². The number of carbonyl (C=O) groups is 1. The molecule has 0 fully saturated rings. The van der Waals surface area contributed by atoms with E-state index in [0.29, 0.717) is 16.3 Å². The van der Waals surface area contributed by atoms with Crippen LogP contribution in [0.4, 0.5) is 5.69 Å². The van der Waals surface area contributed by atoms with Crippen LogP contribution in [0.5, 0.6) is 0 Å². The lowest BCUT2D eigenvalue weighted by Gasteiger charge is -2.19. The molecular weight excluding hydrogens is 336 g/mol. The van der Waals surface area contributed by atoms with Crippen molar-refractivity contribution in [1.82, 2.24) is 5.32 Å². The van der Waals surface area contributed by atoms with Crippen LogP contribution in [0.1, 0.15) is 10.4 Å². The van der Waals surface area contributed by atoms with E-state index in [1.807, 2.05) is 6.07 Å². The molecule has 0 aliphatic carbocycles. The van der Waals surface area contributed by atoms with Crippen LogP contribution >= 0.6 is 11.6 Å². The van der Waals surface area contributed by atoms with Crippen LogP contribution in [-0.2, 0) is 10.0 Å². The Kier molecular flexibility index (Phi) is 5.63. The maximum absolute atomic E-state index is 12.3. The second-order valence-electron chi connectivity index (χ2n) is 4.89. The van der Waals surface area contributed by atoms with Crippen LogP contribution in [0.2, 0.25) is 5.02 Å². The number of hydrogen-bond acceptors (Lipinski definition) is 3. The third-order valence-corrected chi connectivity index (χ3v) is 5.27. The summed E-state index contributed by atoms with van der Waals surface area (Å²) >= 11 is 5.82. The minimum absolute atomic E-state index is 0.0187. The van der Waals surface area contributed by atoms with Gasteiger partial charge >= 0.3 is 0 Å². The summed E-state index contributed by atoms with van der Waals surface area (Å²) in [7, 11) is -2.02. The molecule has 0 heterocycles. The van der Waals surface area contributed by atoms with Crippen molar-refractivity contribution in [1.29, 1.82) is 0 Å². The standard InChI is InChI=1S/C16H17ClN2O3S/c1-19(15-8-3-2-4-9-15)23(21,22)11-10-18-16(20)13-6-5-7-14(17)12-13/h2-9,12H,10-11H2,1H3,(H,18,20). The molecule has 0 aliphatic heterocycles. The molecule has 0 unspecified atom stereocenters. The number of anilines is 1. The van der Waals surface area contributed by atoms with Crippen LogP contribution in [0, 0.1) is 0 Å². The number of benzene rings is 2. The Morgan fingerprint density at radius 1 is 1.13 bits per heavy atom. The molecule has 122 valence electrons. The van der Waals surface area contributed by atoms with Crippen molar-refractivity contribution in [2.24, 2.45) is 0 Å². The van der Waals surface area contributed by atoms with Crippen LogP contribution in [-0.4, -0.2) is 33.7 Å². The fourth-order valence-electron chi connectivity index (χ4n) is 1.96. The number of amides is 1. The van der Waals surface area contributed by atoms with Crippen molar-refractivity contribution in [3.63, 3.8) is 0 Å². The summed E-state index contributed by atoms with van der Waals surface area (Å²) < 4.78 is 25.7. The molecule has 1 amide bonds. The second-order valence-corrected chi connectivity index (χ2v) is 7.44. The molecule has 7 heteroatoms. The number of para-hydroxylation sites is 1. The molecule has 1 N–H and O–H groups in total. The smallest absolute Gasteiger partial charge is 0.251 e. The number of nitrogens with zero attached hydrogens (tertiary/aromatic N) is 1. The molecule has 23 heavy (non-hydrogen) atoms. The Labute approximate surface area is 140 Å². The summed E-state index contributed by atoms with van der Waals surface area (Å²) in [4.78, 5) is 11.9. The topological polar surface area (TPSA) is 66.5 Å². The maximum Gasteiger partial charge on any atom is 0.251 e. The first kappa shape index (κ1) is 17.3. The van der Waals surface area contributed by atoms with Gasteiger partial charge in [-0.15, -0.1) is 0 Å². The van der Waals surface area contributed by atoms with Crippen molar-refractivity contribution in [2.45, 2.75) is 0 Å². The number of hydrogen-bond donors (Lipinski definition) is 1. The van der Waals surface area contributed by atoms with Gasteiger partial charge in [0.2, 0.25) is 10.0 Å². The highest BCUT2D eigenvalue weighted by atomic mass is 35.5. The Morgan fingerprint density at radius 3 is 2.48 bits per heavy atom. The average Bonchev–Trinajstić information content (AvgIpc) is 2.54. The highest BCUT2D eigenvalue weighted by molar-refractivity contribution is 7.92. The monoisotopic (exact) mass is 352 g/mol. The molecule has 0 aliphatic rings. The normalized spacial score (nSPS) is 11.0. The molecule has 2 aromatic carbocycles. The second kappa shape index (κ2) is 7.48. The van der Waals surface area contributed by atoms with Gasteiger partial charge in [-0.3, -0.25) is 9.10 Å². The van der Waals surface area contributed by atoms with Gasteiger partial charge in [-0.25, -0.2) is 8.42 Å². The van der Waals surface area contributed by atoms with Crippen LogP contribution in [0.3, 0.4) is 0 Å². The molecule has 2 rings (SSSR count). The van der Waals surface area contributed by atoms with Crippen LogP contribution in [0.25, 0.3) is 0 Å². The van der Waals surface area contributed by atoms with Gasteiger partial charge in [-0.2, -0.15) is 0 Å². The largest absolute Gasteiger partial charge is 0.351 e. The average molecular weight is 353 g/mol. The van der Waals surface area contributed by atoms with Gasteiger partial charge in [0.1, 0.15) is 0 Å². The molecule has 0 aromatic heterocycles. The van der Waals surface area contributed by atoms with E-state index in [-0.39, 0.29) is 18.2 Å². The summed E-state index contributed by atoms with van der Waals surface area (Å²) in [6.45, 7) is 0.0187. The van der Waals surface area contributed by atoms with Gasteiger partial charge in [0, 0.05) is 24.2 Å². The maximum atomic E-state index is 12.3. The zero-order chi connectivity index (χ0) is 16.9. The van der Waals surface area contributed by atoms with Gasteiger partial charge in [-0.05, 0) is 30.3 Å². The van der Waals surface area contributed by atoms with E-state index < -0.39 is 10.0 Å². The van der Waals surface area contributed by atoms with Crippen LogP contribution < -0.4 is 9.62 Å². The quantitative estimate of drug-likeness (QED) is 0.868. The van der Waals surface area contributed by atoms with Crippen LogP contribution in [0.15, 0.2) is 54.6 Å². The number of nitrogens with one attached hydrogen (secondary N) is 1. The third kappa shape index (κ3) is 4.71. The summed E-state index contributed by atoms with van der Waals surface area (Å²) in [5.41, 5.74) is 0.972. The molecular formula is C16H17ClN2O3S. The third-order valence-electron chi connectivity index (χ3n) is 3.27. The Morgan fingerprint density at radius 2 is 1.83 bits per heavy atom. The first-order valence-corrected chi connectivity index (χ1v) is 8.94. The number of carbonyl (C=O) groups excluding carboxylic acids is 1. The molecule has 0 spiro atoms. The van der Waals surface area contributed by atoms with Crippen molar-refractivity contribution in [2.75, 3.05) is 23.7 Å². The highest BCUT2D eigenvalue weighted by Gasteiger charge is 2.18. The van der Waals surface area contributed by atoms with Crippen molar-refractivity contribution >= 4 is 33.2 Å². The fourth-order valence-corrected chi connectivity index (χ4v) is 3.23. The lowest BCUT2D eigenvalue weighted by molar-refractivity contribution is 0.0956. The summed E-state index contributed by atoms with van der Waals surface area (Å²) in [6.07, 6.45) is 0. The SMILES string of the molecule is CN(c1ccccc1)S(=O)(=O)CCNC(=O)c1cccc(Cl)c1. The minimum atomic E-state index is -3.51. The van der Waals surface area contributed by atoms with Gasteiger partial charge < -0.3 is 5.32 Å². The first-order valence-electron chi connectivity index (χ1n) is 6.95. The number of rotatable bonds is 6. The van der Waals surface area contributed by atoms with Gasteiger partial charge in [0.25, 0.3) is 5.91 Å². The first-order chi connectivity index (χ1) is 10.9. The lowest BCUT2D eigenvalue weighted by Crippen LogP contribution is -2.35. The zero-order valence-corrected chi connectivity index (χ0v) is 14.1. The molecule has 0 radical (unpaired) electrons. The number of sulfonamides is 1. The lowest BCUT2D eigenvalue weighted by atomic mass is 10.2. The van der Waals surface area contributed by atoms with Crippen molar-refractivity contribution in [3.8, 4) is 0 Å². The molecule has 0 saturated heterocycles. The van der Waals surface area contributed by atoms with Gasteiger partial charge in [-0.1, -0.05) is 35.9 Å². The van der Waals surface area contributed by atoms with E-state index in [1.54, 1.807) is 42.5 Å². The minimum Gasteiger partial charge on any atom is -0.351 e. The molecule has 0 atom stereocenters. The summed E-state index contributed by atoms with van der Waals surface area (Å²) in [6, 6.07) is 15.2. The van der Waals surface area contributed by atoms with E-state index in [1.165, 1.54) is 17.4 Å². The Bertz CT molecular complexity index is 779. The zero-order valence-electron chi connectivity index (χ0n) is 12.6. The van der Waals surface area contributed by atoms with E-state index in [4.69, 9.17) is 11.6 Å². The van der Waals surface area contributed by atoms with Gasteiger partial charge in [0.15, 0.2) is 0 Å². The number of halogens is 1. The van der Waals surface area contributed by atoms with Crippen molar-refractivity contribution < 1.29 is 13.2 Å². The van der Waals surface area contributed by atoms with E-state index in [2.05, 4.69) is 5.32 Å². The molecule has 5 nitrogen and oxygen atoms in total.